The average molecular weight is 607 g/mol. The highest BCUT2D eigenvalue weighted by Crippen LogP contribution is 2.32. The van der Waals surface area contributed by atoms with Gasteiger partial charge in [-0.15, -0.1) is 0 Å². The third-order valence-electron chi connectivity index (χ3n) is 6.33. The topological polar surface area (TPSA) is 141 Å². The van der Waals surface area contributed by atoms with E-state index in [9.17, 15) is 27.6 Å². The summed E-state index contributed by atoms with van der Waals surface area (Å²) in [5.74, 6) is -2.62. The molecule has 1 aromatic heterocycles. The quantitative estimate of drug-likeness (QED) is 0.231. The van der Waals surface area contributed by atoms with E-state index in [0.29, 0.717) is 17.1 Å². The van der Waals surface area contributed by atoms with Crippen LogP contribution < -0.4 is 16.0 Å². The Morgan fingerprint density at radius 2 is 1.60 bits per heavy atom. The SMILES string of the molecule is O=C(NCc1ncccc1C(F)(F)F)c1ccc(CNc2c(Cl)ccc3c2CCNCC3)cc1.O=C(O)CCC(=O)O. The van der Waals surface area contributed by atoms with E-state index < -0.39 is 29.6 Å². The van der Waals surface area contributed by atoms with Gasteiger partial charge in [0.15, 0.2) is 0 Å². The summed E-state index contributed by atoms with van der Waals surface area (Å²) in [6.45, 7) is 2.04. The van der Waals surface area contributed by atoms with Gasteiger partial charge < -0.3 is 26.2 Å². The van der Waals surface area contributed by atoms with Crippen LogP contribution in [-0.4, -0.2) is 46.1 Å². The van der Waals surface area contributed by atoms with E-state index in [-0.39, 0.29) is 25.1 Å². The van der Waals surface area contributed by atoms with Crippen molar-refractivity contribution < 1.29 is 37.8 Å². The highest BCUT2D eigenvalue weighted by molar-refractivity contribution is 6.33. The number of halogens is 4. The Labute approximate surface area is 245 Å². The van der Waals surface area contributed by atoms with Gasteiger partial charge in [0, 0.05) is 18.3 Å². The molecule has 0 fully saturated rings. The molecular formula is C29H30ClF3N4O5. The number of rotatable bonds is 9. The number of aromatic nitrogens is 1. The van der Waals surface area contributed by atoms with Crippen molar-refractivity contribution in [3.05, 3.63) is 93.3 Å². The molecule has 1 amide bonds. The number of nitrogens with one attached hydrogen (secondary N) is 3. The summed E-state index contributed by atoms with van der Waals surface area (Å²) in [5.41, 5.74) is 3.66. The predicted molar refractivity (Wildman–Crippen MR) is 150 cm³/mol. The Morgan fingerprint density at radius 3 is 2.24 bits per heavy atom. The van der Waals surface area contributed by atoms with Crippen LogP contribution in [0, 0.1) is 0 Å². The molecule has 2 heterocycles. The number of carbonyl (C=O) groups excluding carboxylic acids is 1. The van der Waals surface area contributed by atoms with Crippen molar-refractivity contribution in [3.63, 3.8) is 0 Å². The number of pyridine rings is 1. The predicted octanol–water partition coefficient (Wildman–Crippen LogP) is 4.92. The first-order chi connectivity index (χ1) is 20.0. The molecule has 0 radical (unpaired) electrons. The number of benzene rings is 2. The van der Waals surface area contributed by atoms with Crippen LogP contribution in [-0.2, 0) is 41.7 Å². The fourth-order valence-corrected chi connectivity index (χ4v) is 4.46. The Kier molecular flexibility index (Phi) is 11.7. The lowest BCUT2D eigenvalue weighted by Crippen LogP contribution is -2.25. The highest BCUT2D eigenvalue weighted by Gasteiger charge is 2.33. The minimum absolute atomic E-state index is 0.224. The maximum atomic E-state index is 13.1. The number of carboxylic acids is 2. The van der Waals surface area contributed by atoms with Crippen LogP contribution in [0.15, 0.2) is 54.7 Å². The normalized spacial score (nSPS) is 12.7. The number of aliphatic carboxylic acids is 2. The Hall–Kier alpha value is -4.16. The number of fused-ring (bicyclic) bond motifs is 1. The van der Waals surface area contributed by atoms with Crippen molar-refractivity contribution in [3.8, 4) is 0 Å². The molecule has 1 aliphatic heterocycles. The third kappa shape index (κ3) is 9.74. The Bertz CT molecular complexity index is 1390. The van der Waals surface area contributed by atoms with Crippen molar-refractivity contribution in [2.75, 3.05) is 18.4 Å². The van der Waals surface area contributed by atoms with E-state index in [0.717, 1.165) is 43.2 Å². The zero-order valence-electron chi connectivity index (χ0n) is 22.4. The number of carboxylic acid groups (broad SMARTS) is 2. The first kappa shape index (κ1) is 32.4. The van der Waals surface area contributed by atoms with Crippen LogP contribution in [0.4, 0.5) is 18.9 Å². The van der Waals surface area contributed by atoms with Crippen LogP contribution in [0.2, 0.25) is 5.02 Å². The van der Waals surface area contributed by atoms with Crippen molar-refractivity contribution in [2.24, 2.45) is 0 Å². The Balaban J connectivity index is 0.000000531. The number of hydrogen-bond acceptors (Lipinski definition) is 6. The molecule has 0 bridgehead atoms. The van der Waals surface area contributed by atoms with E-state index in [2.05, 4.69) is 27.0 Å². The zero-order valence-corrected chi connectivity index (χ0v) is 23.2. The summed E-state index contributed by atoms with van der Waals surface area (Å²) in [6, 6.07) is 13.1. The molecule has 0 saturated heterocycles. The molecule has 0 aliphatic carbocycles. The van der Waals surface area contributed by atoms with Gasteiger partial charge in [-0.1, -0.05) is 29.8 Å². The summed E-state index contributed by atoms with van der Waals surface area (Å²) in [7, 11) is 0. The van der Waals surface area contributed by atoms with Gasteiger partial charge in [-0.2, -0.15) is 13.2 Å². The summed E-state index contributed by atoms with van der Waals surface area (Å²) < 4.78 is 39.3. The smallest absolute Gasteiger partial charge is 0.418 e. The first-order valence-corrected chi connectivity index (χ1v) is 13.4. The van der Waals surface area contributed by atoms with Crippen LogP contribution >= 0.6 is 11.6 Å². The number of amides is 1. The van der Waals surface area contributed by atoms with Crippen molar-refractivity contribution in [2.45, 2.75) is 44.9 Å². The molecule has 9 nitrogen and oxygen atoms in total. The monoisotopic (exact) mass is 606 g/mol. The minimum Gasteiger partial charge on any atom is -0.481 e. The number of alkyl halides is 3. The second-order valence-electron chi connectivity index (χ2n) is 9.33. The second kappa shape index (κ2) is 15.2. The van der Waals surface area contributed by atoms with Gasteiger partial charge in [0.1, 0.15) is 0 Å². The van der Waals surface area contributed by atoms with Gasteiger partial charge in [-0.25, -0.2) is 0 Å². The molecule has 42 heavy (non-hydrogen) atoms. The average Bonchev–Trinajstić information content (AvgIpc) is 3.20. The maximum Gasteiger partial charge on any atom is 0.418 e. The van der Waals surface area contributed by atoms with Gasteiger partial charge in [-0.05, 0) is 73.0 Å². The molecule has 2 aromatic carbocycles. The largest absolute Gasteiger partial charge is 0.481 e. The standard InChI is InChI=1S/C25H24ClF3N4O.C4H6O4/c26-21-8-7-17-9-12-30-13-10-19(17)23(21)32-14-16-3-5-18(6-4-16)24(34)33-15-22-20(25(27,28)29)2-1-11-31-22;5-3(6)1-2-4(7)8/h1-8,11,30,32H,9-10,12-15H2,(H,33,34);1-2H2,(H,5,6)(H,7,8). The van der Waals surface area contributed by atoms with Gasteiger partial charge in [0.2, 0.25) is 0 Å². The Morgan fingerprint density at radius 1 is 0.929 bits per heavy atom. The summed E-state index contributed by atoms with van der Waals surface area (Å²) in [6.07, 6.45) is -2.01. The van der Waals surface area contributed by atoms with E-state index in [1.165, 1.54) is 23.4 Å². The molecular weight excluding hydrogens is 577 g/mol. The lowest BCUT2D eigenvalue weighted by atomic mass is 10.0. The fraction of sp³-hybridized carbons (Fsp3) is 0.310. The molecule has 13 heteroatoms. The number of carbonyl (C=O) groups is 3. The lowest BCUT2D eigenvalue weighted by Gasteiger charge is -2.16. The third-order valence-corrected chi connectivity index (χ3v) is 6.65. The molecule has 0 saturated carbocycles. The van der Waals surface area contributed by atoms with Crippen molar-refractivity contribution in [1.29, 1.82) is 0 Å². The van der Waals surface area contributed by atoms with E-state index >= 15 is 0 Å². The summed E-state index contributed by atoms with van der Waals surface area (Å²) in [5, 5.41) is 25.8. The fourth-order valence-electron chi connectivity index (χ4n) is 4.22. The maximum absolute atomic E-state index is 13.1. The van der Waals surface area contributed by atoms with E-state index in [4.69, 9.17) is 21.8 Å². The number of nitrogens with zero attached hydrogens (tertiary/aromatic N) is 1. The van der Waals surface area contributed by atoms with Gasteiger partial charge in [-0.3, -0.25) is 19.4 Å². The van der Waals surface area contributed by atoms with Gasteiger partial charge in [0.25, 0.3) is 5.91 Å². The number of anilines is 1. The van der Waals surface area contributed by atoms with Crippen LogP contribution in [0.1, 0.15) is 51.1 Å². The molecule has 0 atom stereocenters. The number of hydrogen-bond donors (Lipinski definition) is 5. The molecule has 1 aliphatic rings. The van der Waals surface area contributed by atoms with Gasteiger partial charge in [0.05, 0.1) is 41.4 Å². The summed E-state index contributed by atoms with van der Waals surface area (Å²) >= 11 is 6.46. The molecule has 0 unspecified atom stereocenters. The van der Waals surface area contributed by atoms with Crippen molar-refractivity contribution >= 4 is 35.1 Å². The molecule has 224 valence electrons. The van der Waals surface area contributed by atoms with Crippen LogP contribution in [0.5, 0.6) is 0 Å². The van der Waals surface area contributed by atoms with Crippen LogP contribution in [0.3, 0.4) is 0 Å². The molecule has 3 aromatic rings. The zero-order chi connectivity index (χ0) is 30.7. The molecule has 4 rings (SSSR count). The molecule has 0 spiro atoms. The second-order valence-corrected chi connectivity index (χ2v) is 9.73. The molecule has 5 N–H and O–H groups in total. The summed E-state index contributed by atoms with van der Waals surface area (Å²) in [4.78, 5) is 35.5. The van der Waals surface area contributed by atoms with E-state index in [1.807, 2.05) is 6.07 Å². The van der Waals surface area contributed by atoms with Crippen LogP contribution in [0.25, 0.3) is 0 Å². The minimum atomic E-state index is -4.53. The van der Waals surface area contributed by atoms with Crippen molar-refractivity contribution in [1.82, 2.24) is 15.6 Å². The highest BCUT2D eigenvalue weighted by atomic mass is 35.5. The van der Waals surface area contributed by atoms with Gasteiger partial charge >= 0.3 is 18.1 Å². The first-order valence-electron chi connectivity index (χ1n) is 13.0. The lowest BCUT2D eigenvalue weighted by molar-refractivity contribution is -0.143. The van der Waals surface area contributed by atoms with E-state index in [1.54, 1.807) is 24.3 Å².